The van der Waals surface area contributed by atoms with Crippen LogP contribution in [0.3, 0.4) is 0 Å². The van der Waals surface area contributed by atoms with Crippen LogP contribution in [0.5, 0.6) is 11.5 Å². The molecule has 1 amide bonds. The van der Waals surface area contributed by atoms with Crippen molar-refractivity contribution in [3.8, 4) is 28.3 Å². The molecule has 0 unspecified atom stereocenters. The van der Waals surface area contributed by atoms with Gasteiger partial charge in [-0.3, -0.25) is 14.2 Å². The summed E-state index contributed by atoms with van der Waals surface area (Å²) in [5.74, 6) is -0.679. The zero-order valence-corrected chi connectivity index (χ0v) is 18.3. The third-order valence-corrected chi connectivity index (χ3v) is 5.33. The highest BCUT2D eigenvalue weighted by atomic mass is 19.4. The fraction of sp³-hybridized carbons (Fsp3) is 0.280. The lowest BCUT2D eigenvalue weighted by molar-refractivity contribution is -0.274. The lowest BCUT2D eigenvalue weighted by Crippen LogP contribution is -2.49. The molecule has 1 aliphatic heterocycles. The number of nitrogens with zero attached hydrogens (tertiary/aromatic N) is 2. The summed E-state index contributed by atoms with van der Waals surface area (Å²) in [6, 6.07) is 11.6. The van der Waals surface area contributed by atoms with Crippen molar-refractivity contribution in [3.05, 3.63) is 77.0 Å². The fourth-order valence-corrected chi connectivity index (χ4v) is 3.64. The number of alkyl halides is 3. The molecule has 2 heterocycles. The number of pyridine rings is 1. The number of amides is 1. The summed E-state index contributed by atoms with van der Waals surface area (Å²) in [5.41, 5.74) is 0.830. The third-order valence-electron chi connectivity index (χ3n) is 5.33. The molecule has 1 saturated heterocycles. The maximum Gasteiger partial charge on any atom is 0.573 e. The van der Waals surface area contributed by atoms with Crippen molar-refractivity contribution in [2.24, 2.45) is 0 Å². The number of carbonyl (C=O) groups excluding carboxylic acids is 1. The van der Waals surface area contributed by atoms with Crippen LogP contribution in [-0.4, -0.2) is 54.5 Å². The maximum absolute atomic E-state index is 13.5. The third kappa shape index (κ3) is 6.63. The first kappa shape index (κ1) is 26.7. The van der Waals surface area contributed by atoms with Crippen LogP contribution in [0.25, 0.3) is 16.8 Å². The van der Waals surface area contributed by atoms with Gasteiger partial charge in [0.1, 0.15) is 23.9 Å². The van der Waals surface area contributed by atoms with Crippen molar-refractivity contribution in [3.63, 3.8) is 0 Å². The molecule has 3 aromatic rings. The molecule has 0 saturated carbocycles. The van der Waals surface area contributed by atoms with Gasteiger partial charge in [-0.25, -0.2) is 4.39 Å². The second-order valence-corrected chi connectivity index (χ2v) is 7.71. The molecule has 7 nitrogen and oxygen atoms in total. The smallest absolute Gasteiger partial charge is 0.491 e. The summed E-state index contributed by atoms with van der Waals surface area (Å²) in [6.07, 6.45) is -3.36. The van der Waals surface area contributed by atoms with Crippen LogP contribution >= 0.6 is 0 Å². The van der Waals surface area contributed by atoms with E-state index in [1.54, 1.807) is 4.90 Å². The van der Waals surface area contributed by atoms with Crippen molar-refractivity contribution in [2.75, 3.05) is 32.8 Å². The van der Waals surface area contributed by atoms with Crippen LogP contribution in [0.2, 0.25) is 0 Å². The Hall–Kier alpha value is -3.86. The molecular weight excluding hydrogens is 482 g/mol. The molecule has 1 aromatic heterocycles. The van der Waals surface area contributed by atoms with Gasteiger partial charge in [0.15, 0.2) is 0 Å². The summed E-state index contributed by atoms with van der Waals surface area (Å²) in [4.78, 5) is 26.5. The van der Waals surface area contributed by atoms with Crippen LogP contribution < -0.4 is 20.3 Å². The van der Waals surface area contributed by atoms with Gasteiger partial charge in [-0.1, -0.05) is 19.6 Å². The highest BCUT2D eigenvalue weighted by molar-refractivity contribution is 5.79. The number of ether oxygens (including phenoxy) is 2. The summed E-state index contributed by atoms with van der Waals surface area (Å²) >= 11 is 0. The summed E-state index contributed by atoms with van der Waals surface area (Å²) in [6.45, 7) is 1.93. The first-order valence-electron chi connectivity index (χ1n) is 10.7. The van der Waals surface area contributed by atoms with E-state index in [1.165, 1.54) is 53.2 Å². The van der Waals surface area contributed by atoms with Gasteiger partial charge >= 0.3 is 6.36 Å². The molecule has 2 aromatic carbocycles. The van der Waals surface area contributed by atoms with E-state index in [0.717, 1.165) is 12.1 Å². The number of halogens is 4. The van der Waals surface area contributed by atoms with E-state index in [2.05, 4.69) is 10.1 Å². The molecule has 36 heavy (non-hydrogen) atoms. The van der Waals surface area contributed by atoms with Crippen LogP contribution in [-0.2, 0) is 4.79 Å². The Morgan fingerprint density at radius 3 is 2.33 bits per heavy atom. The quantitative estimate of drug-likeness (QED) is 0.490. The summed E-state index contributed by atoms with van der Waals surface area (Å²) < 4.78 is 61.8. The average Bonchev–Trinajstić information content (AvgIpc) is 2.81. The molecule has 1 fully saturated rings. The van der Waals surface area contributed by atoms with Crippen LogP contribution in [0, 0.1) is 5.82 Å². The SMILES string of the molecule is C.O=C1CNCCN1CCOc1cc(=O)n(-c2ccc(OC(F)(F)F)cc2)cc1-c1ccc(F)cc1. The first-order chi connectivity index (χ1) is 16.7. The first-order valence-corrected chi connectivity index (χ1v) is 10.7. The second kappa shape index (κ2) is 11.3. The Kier molecular flexibility index (Phi) is 8.36. The lowest BCUT2D eigenvalue weighted by atomic mass is 10.1. The Morgan fingerprint density at radius 1 is 1.00 bits per heavy atom. The predicted octanol–water partition coefficient (Wildman–Crippen LogP) is 3.99. The number of hydrogen-bond acceptors (Lipinski definition) is 5. The summed E-state index contributed by atoms with van der Waals surface area (Å²) in [5, 5.41) is 2.98. The maximum atomic E-state index is 13.5. The van der Waals surface area contributed by atoms with E-state index < -0.39 is 23.5 Å². The second-order valence-electron chi connectivity index (χ2n) is 7.71. The Morgan fingerprint density at radius 2 is 1.69 bits per heavy atom. The van der Waals surface area contributed by atoms with Crippen LogP contribution in [0.4, 0.5) is 17.6 Å². The average molecular weight is 507 g/mol. The van der Waals surface area contributed by atoms with Crippen molar-refractivity contribution in [2.45, 2.75) is 13.8 Å². The van der Waals surface area contributed by atoms with Crippen LogP contribution in [0.1, 0.15) is 7.43 Å². The van der Waals surface area contributed by atoms with Gasteiger partial charge < -0.3 is 19.7 Å². The van der Waals surface area contributed by atoms with Crippen molar-refractivity contribution in [1.29, 1.82) is 0 Å². The molecule has 0 spiro atoms. The number of carbonyl (C=O) groups is 1. The highest BCUT2D eigenvalue weighted by Crippen LogP contribution is 2.30. The molecule has 0 radical (unpaired) electrons. The number of benzene rings is 2. The van der Waals surface area contributed by atoms with E-state index in [-0.39, 0.29) is 32.2 Å². The van der Waals surface area contributed by atoms with Gasteiger partial charge in [0.2, 0.25) is 5.91 Å². The molecule has 192 valence electrons. The molecule has 4 rings (SSSR count). The van der Waals surface area contributed by atoms with Gasteiger partial charge in [0.25, 0.3) is 5.56 Å². The van der Waals surface area contributed by atoms with E-state index >= 15 is 0 Å². The van der Waals surface area contributed by atoms with E-state index in [4.69, 9.17) is 4.74 Å². The van der Waals surface area contributed by atoms with Gasteiger partial charge in [0.05, 0.1) is 13.1 Å². The van der Waals surface area contributed by atoms with Crippen molar-refractivity contribution >= 4 is 5.91 Å². The minimum Gasteiger partial charge on any atom is -0.491 e. The lowest BCUT2D eigenvalue weighted by Gasteiger charge is -2.27. The number of aromatic nitrogens is 1. The summed E-state index contributed by atoms with van der Waals surface area (Å²) in [7, 11) is 0. The van der Waals surface area contributed by atoms with Gasteiger partial charge in [0, 0.05) is 36.6 Å². The van der Waals surface area contributed by atoms with E-state index in [1.807, 2.05) is 0 Å². The molecule has 1 N–H and O–H groups in total. The molecule has 1 aliphatic rings. The van der Waals surface area contributed by atoms with Crippen molar-refractivity contribution in [1.82, 2.24) is 14.8 Å². The van der Waals surface area contributed by atoms with Crippen LogP contribution in [0.15, 0.2) is 65.6 Å². The number of nitrogens with one attached hydrogen (secondary N) is 1. The predicted molar refractivity (Wildman–Crippen MR) is 126 cm³/mol. The van der Waals surface area contributed by atoms with Gasteiger partial charge in [-0.2, -0.15) is 0 Å². The Labute approximate surface area is 204 Å². The monoisotopic (exact) mass is 507 g/mol. The normalized spacial score (nSPS) is 13.8. The Balaban J connectivity index is 0.00000361. The zero-order chi connectivity index (χ0) is 25.0. The number of piperazine rings is 1. The molecule has 0 aliphatic carbocycles. The number of rotatable bonds is 7. The topological polar surface area (TPSA) is 72.8 Å². The molecule has 0 atom stereocenters. The van der Waals surface area contributed by atoms with E-state index in [0.29, 0.717) is 36.4 Å². The fourth-order valence-electron chi connectivity index (χ4n) is 3.64. The number of hydrogen-bond donors (Lipinski definition) is 1. The highest BCUT2D eigenvalue weighted by Gasteiger charge is 2.31. The zero-order valence-electron chi connectivity index (χ0n) is 18.3. The molecular formula is C25H25F4N3O4. The Bertz CT molecular complexity index is 1240. The van der Waals surface area contributed by atoms with Crippen molar-refractivity contribution < 1.29 is 31.8 Å². The minimum atomic E-state index is -4.83. The molecule has 11 heteroatoms. The largest absolute Gasteiger partial charge is 0.573 e. The van der Waals surface area contributed by atoms with E-state index in [9.17, 15) is 27.2 Å². The molecule has 0 bridgehead atoms. The minimum absolute atomic E-state index is 0. The van der Waals surface area contributed by atoms with Gasteiger partial charge in [-0.15, -0.1) is 13.2 Å². The standard InChI is InChI=1S/C24H21F4N3O4.CH4/c25-17-3-1-16(2-4-17)20-15-31(18-5-7-19(8-6-18)35-24(26,27)28)22(32)13-21(20)34-12-11-30-10-9-29-14-23(30)33;/h1-8,13,15,29H,9-12,14H2;1H4. The van der Waals surface area contributed by atoms with Gasteiger partial charge in [-0.05, 0) is 42.0 Å².